The summed E-state index contributed by atoms with van der Waals surface area (Å²) in [6.07, 6.45) is -4.40. The first-order valence-corrected chi connectivity index (χ1v) is 7.16. The third-order valence-corrected chi connectivity index (χ3v) is 4.20. The first-order chi connectivity index (χ1) is 9.25. The fourth-order valence-corrected chi connectivity index (χ4v) is 2.96. The van der Waals surface area contributed by atoms with Crippen LogP contribution in [-0.4, -0.2) is 0 Å². The standard InChI is InChI=1S/C14H13ClF3NS/c1-8-3-4-13(20-8)9(2)19-12-6-10(14(16,17)18)5-11(15)7-12/h3-7,9,19H,1-2H3. The van der Waals surface area contributed by atoms with Gasteiger partial charge in [0, 0.05) is 20.5 Å². The maximum Gasteiger partial charge on any atom is 0.416 e. The van der Waals surface area contributed by atoms with E-state index in [9.17, 15) is 13.2 Å². The monoisotopic (exact) mass is 319 g/mol. The number of nitrogens with one attached hydrogen (secondary N) is 1. The van der Waals surface area contributed by atoms with Crippen LogP contribution in [-0.2, 0) is 6.18 Å². The van der Waals surface area contributed by atoms with Crippen LogP contribution in [0.5, 0.6) is 0 Å². The molecule has 0 aliphatic heterocycles. The van der Waals surface area contributed by atoms with Crippen LogP contribution < -0.4 is 5.32 Å². The Kier molecular flexibility index (Phi) is 4.30. The number of halogens is 4. The molecule has 6 heteroatoms. The van der Waals surface area contributed by atoms with Gasteiger partial charge in [-0.2, -0.15) is 13.2 Å². The van der Waals surface area contributed by atoms with Crippen molar-refractivity contribution in [2.75, 3.05) is 5.32 Å². The summed E-state index contributed by atoms with van der Waals surface area (Å²) in [6.45, 7) is 3.89. The molecule has 20 heavy (non-hydrogen) atoms. The molecule has 1 N–H and O–H groups in total. The fourth-order valence-electron chi connectivity index (χ4n) is 1.84. The zero-order chi connectivity index (χ0) is 14.9. The minimum absolute atomic E-state index is 0.0666. The molecule has 0 saturated heterocycles. The Balaban J connectivity index is 2.23. The van der Waals surface area contributed by atoms with E-state index in [1.165, 1.54) is 6.07 Å². The lowest BCUT2D eigenvalue weighted by molar-refractivity contribution is -0.137. The van der Waals surface area contributed by atoms with Crippen LogP contribution in [0.25, 0.3) is 0 Å². The minimum atomic E-state index is -4.40. The summed E-state index contributed by atoms with van der Waals surface area (Å²) >= 11 is 7.36. The summed E-state index contributed by atoms with van der Waals surface area (Å²) in [7, 11) is 0. The van der Waals surface area contributed by atoms with Gasteiger partial charge in [0.1, 0.15) is 0 Å². The second-order valence-electron chi connectivity index (χ2n) is 4.54. The number of rotatable bonds is 3. The fraction of sp³-hybridized carbons (Fsp3) is 0.286. The molecule has 1 unspecified atom stereocenters. The van der Waals surface area contributed by atoms with Gasteiger partial charge in [0.15, 0.2) is 0 Å². The van der Waals surface area contributed by atoms with Gasteiger partial charge < -0.3 is 5.32 Å². The predicted octanol–water partition coefficient (Wildman–Crippen LogP) is 5.90. The largest absolute Gasteiger partial charge is 0.416 e. The molecule has 0 saturated carbocycles. The number of alkyl halides is 3. The minimum Gasteiger partial charge on any atom is -0.378 e. The Morgan fingerprint density at radius 2 is 1.90 bits per heavy atom. The quantitative estimate of drug-likeness (QED) is 0.742. The smallest absolute Gasteiger partial charge is 0.378 e. The molecule has 0 fully saturated rings. The Labute approximate surface area is 124 Å². The van der Waals surface area contributed by atoms with Crippen molar-refractivity contribution in [1.82, 2.24) is 0 Å². The van der Waals surface area contributed by atoms with E-state index in [1.54, 1.807) is 11.3 Å². The van der Waals surface area contributed by atoms with Crippen molar-refractivity contribution in [3.8, 4) is 0 Å². The second kappa shape index (κ2) is 5.66. The molecule has 1 atom stereocenters. The summed E-state index contributed by atoms with van der Waals surface area (Å²) in [4.78, 5) is 2.23. The number of hydrogen-bond acceptors (Lipinski definition) is 2. The van der Waals surface area contributed by atoms with Gasteiger partial charge in [-0.05, 0) is 44.2 Å². The van der Waals surface area contributed by atoms with Gasteiger partial charge in [-0.15, -0.1) is 11.3 Å². The summed E-state index contributed by atoms with van der Waals surface area (Å²) in [6, 6.07) is 7.36. The Bertz CT molecular complexity index is 607. The Morgan fingerprint density at radius 3 is 2.45 bits per heavy atom. The summed E-state index contributed by atoms with van der Waals surface area (Å²) in [5.74, 6) is 0. The molecular weight excluding hydrogens is 307 g/mol. The van der Waals surface area contributed by atoms with Crippen molar-refractivity contribution in [1.29, 1.82) is 0 Å². The average Bonchev–Trinajstić information content (AvgIpc) is 2.74. The van der Waals surface area contributed by atoms with Crippen molar-refractivity contribution in [2.24, 2.45) is 0 Å². The molecule has 2 aromatic rings. The summed E-state index contributed by atoms with van der Waals surface area (Å²) in [5.41, 5.74) is -0.384. The molecular formula is C14H13ClF3NS. The van der Waals surface area contributed by atoms with Gasteiger partial charge in [0.25, 0.3) is 0 Å². The lowest BCUT2D eigenvalue weighted by Gasteiger charge is -2.16. The SMILES string of the molecule is Cc1ccc(C(C)Nc2cc(Cl)cc(C(F)(F)F)c2)s1. The molecule has 1 nitrogen and oxygen atoms in total. The van der Waals surface area contributed by atoms with Crippen molar-refractivity contribution >= 4 is 28.6 Å². The molecule has 108 valence electrons. The van der Waals surface area contributed by atoms with E-state index in [0.717, 1.165) is 21.9 Å². The van der Waals surface area contributed by atoms with Crippen molar-refractivity contribution in [3.63, 3.8) is 0 Å². The highest BCUT2D eigenvalue weighted by Gasteiger charge is 2.31. The zero-order valence-electron chi connectivity index (χ0n) is 10.9. The zero-order valence-corrected chi connectivity index (χ0v) is 12.5. The summed E-state index contributed by atoms with van der Waals surface area (Å²) in [5, 5.41) is 3.12. The Morgan fingerprint density at radius 1 is 1.20 bits per heavy atom. The van der Waals surface area contributed by atoms with Crippen LogP contribution in [0.2, 0.25) is 5.02 Å². The molecule has 1 heterocycles. The number of aryl methyl sites for hydroxylation is 1. The lowest BCUT2D eigenvalue weighted by atomic mass is 10.1. The van der Waals surface area contributed by atoms with E-state index in [2.05, 4.69) is 5.32 Å². The first kappa shape index (κ1) is 15.2. The van der Waals surface area contributed by atoms with Gasteiger partial charge >= 0.3 is 6.18 Å². The van der Waals surface area contributed by atoms with Crippen LogP contribution in [0.15, 0.2) is 30.3 Å². The van der Waals surface area contributed by atoms with Gasteiger partial charge in [-0.25, -0.2) is 0 Å². The topological polar surface area (TPSA) is 12.0 Å². The van der Waals surface area contributed by atoms with Crippen LogP contribution in [0.1, 0.15) is 28.3 Å². The molecule has 0 aliphatic rings. The maximum atomic E-state index is 12.7. The van der Waals surface area contributed by atoms with Crippen LogP contribution in [0.4, 0.5) is 18.9 Å². The molecule has 0 bridgehead atoms. The van der Waals surface area contributed by atoms with E-state index in [4.69, 9.17) is 11.6 Å². The average molecular weight is 320 g/mol. The number of anilines is 1. The van der Waals surface area contributed by atoms with Crippen molar-refractivity contribution < 1.29 is 13.2 Å². The maximum absolute atomic E-state index is 12.7. The number of benzene rings is 1. The van der Waals surface area contributed by atoms with E-state index in [0.29, 0.717) is 5.69 Å². The molecule has 0 radical (unpaired) electrons. The third-order valence-electron chi connectivity index (χ3n) is 2.80. The van der Waals surface area contributed by atoms with Gasteiger partial charge in [-0.3, -0.25) is 0 Å². The van der Waals surface area contributed by atoms with Gasteiger partial charge in [-0.1, -0.05) is 11.6 Å². The van der Waals surface area contributed by atoms with E-state index >= 15 is 0 Å². The molecule has 0 aliphatic carbocycles. The highest BCUT2D eigenvalue weighted by atomic mass is 35.5. The molecule has 1 aromatic heterocycles. The van der Waals surface area contributed by atoms with E-state index in [-0.39, 0.29) is 11.1 Å². The summed E-state index contributed by atoms with van der Waals surface area (Å²) < 4.78 is 38.2. The van der Waals surface area contributed by atoms with E-state index < -0.39 is 11.7 Å². The third kappa shape index (κ3) is 3.67. The van der Waals surface area contributed by atoms with E-state index in [1.807, 2.05) is 26.0 Å². The molecule has 2 rings (SSSR count). The van der Waals surface area contributed by atoms with Gasteiger partial charge in [0.05, 0.1) is 11.6 Å². The lowest BCUT2D eigenvalue weighted by Crippen LogP contribution is -2.08. The van der Waals surface area contributed by atoms with Crippen LogP contribution in [0, 0.1) is 6.92 Å². The normalized spacial score (nSPS) is 13.3. The Hall–Kier alpha value is -1.20. The number of hydrogen-bond donors (Lipinski definition) is 1. The van der Waals surface area contributed by atoms with Crippen LogP contribution >= 0.6 is 22.9 Å². The van der Waals surface area contributed by atoms with Gasteiger partial charge in [0.2, 0.25) is 0 Å². The highest BCUT2D eigenvalue weighted by molar-refractivity contribution is 7.12. The molecule has 0 amide bonds. The highest BCUT2D eigenvalue weighted by Crippen LogP contribution is 2.34. The van der Waals surface area contributed by atoms with Crippen molar-refractivity contribution in [2.45, 2.75) is 26.1 Å². The second-order valence-corrected chi connectivity index (χ2v) is 6.30. The van der Waals surface area contributed by atoms with Crippen LogP contribution in [0.3, 0.4) is 0 Å². The molecule has 0 spiro atoms. The number of thiophene rings is 1. The predicted molar refractivity (Wildman–Crippen MR) is 77.5 cm³/mol. The van der Waals surface area contributed by atoms with Crippen molar-refractivity contribution in [3.05, 3.63) is 50.7 Å². The first-order valence-electron chi connectivity index (χ1n) is 5.96. The molecule has 1 aromatic carbocycles.